The van der Waals surface area contributed by atoms with Crippen LogP contribution in [0.25, 0.3) is 11.6 Å². The van der Waals surface area contributed by atoms with Crippen LogP contribution in [0.5, 0.6) is 17.2 Å². The van der Waals surface area contributed by atoms with Crippen molar-refractivity contribution in [3.8, 4) is 17.2 Å². The number of methoxy groups -OCH3 is 1. The number of benzene rings is 2. The summed E-state index contributed by atoms with van der Waals surface area (Å²) >= 11 is 0. The van der Waals surface area contributed by atoms with Crippen LogP contribution in [0.1, 0.15) is 43.4 Å². The molecule has 178 valence electrons. The van der Waals surface area contributed by atoms with Crippen molar-refractivity contribution in [1.29, 1.82) is 0 Å². The predicted molar refractivity (Wildman–Crippen MR) is 129 cm³/mol. The highest BCUT2D eigenvalue weighted by atomic mass is 32.2. The Hall–Kier alpha value is -3.26. The van der Waals surface area contributed by atoms with Gasteiger partial charge < -0.3 is 18.8 Å². The Morgan fingerprint density at radius 2 is 1.85 bits per heavy atom. The lowest BCUT2D eigenvalue weighted by Crippen LogP contribution is -2.07. The van der Waals surface area contributed by atoms with Gasteiger partial charge >= 0.3 is 16.1 Å². The Kier molecular flexibility index (Phi) is 9.54. The molecule has 0 atom stereocenters. The Labute approximate surface area is 195 Å². The Morgan fingerprint density at radius 3 is 2.48 bits per heavy atom. The van der Waals surface area contributed by atoms with Gasteiger partial charge in [-0.05, 0) is 54.7 Å². The average molecular weight is 475 g/mol. The number of hydrogen-bond acceptors (Lipinski definition) is 6. The molecule has 0 aliphatic carbocycles. The summed E-state index contributed by atoms with van der Waals surface area (Å²) in [6.07, 6.45) is 8.55. The SMILES string of the molecule is CCCCOc1cc(/C(C)=C/C(=O)O)ccc1/C=C/Cc1ccc(OS(C)(=O)=O)c(OC)c1. The number of carbonyl (C=O) groups is 1. The molecule has 0 aliphatic rings. The van der Waals surface area contributed by atoms with E-state index in [9.17, 15) is 13.2 Å². The van der Waals surface area contributed by atoms with Gasteiger partial charge in [0.05, 0.1) is 20.0 Å². The topological polar surface area (TPSA) is 99.1 Å². The van der Waals surface area contributed by atoms with Gasteiger partial charge in [0.25, 0.3) is 0 Å². The van der Waals surface area contributed by atoms with Gasteiger partial charge in [-0.25, -0.2) is 4.79 Å². The monoisotopic (exact) mass is 474 g/mol. The number of unbranched alkanes of at least 4 members (excludes halogenated alkanes) is 1. The maximum absolute atomic E-state index is 11.4. The second kappa shape index (κ2) is 12.1. The van der Waals surface area contributed by atoms with Gasteiger partial charge in [-0.2, -0.15) is 8.42 Å². The van der Waals surface area contributed by atoms with Crippen LogP contribution >= 0.6 is 0 Å². The third-order valence-electron chi connectivity index (χ3n) is 4.68. The molecule has 0 amide bonds. The van der Waals surface area contributed by atoms with Crippen LogP contribution in [-0.2, 0) is 21.3 Å². The van der Waals surface area contributed by atoms with Crippen molar-refractivity contribution in [2.45, 2.75) is 33.1 Å². The van der Waals surface area contributed by atoms with Gasteiger partial charge in [0.2, 0.25) is 0 Å². The number of allylic oxidation sites excluding steroid dienone is 2. The van der Waals surface area contributed by atoms with E-state index in [1.165, 1.54) is 13.2 Å². The van der Waals surface area contributed by atoms with E-state index in [1.807, 2.05) is 30.4 Å². The fourth-order valence-corrected chi connectivity index (χ4v) is 3.49. The molecule has 7 nitrogen and oxygen atoms in total. The lowest BCUT2D eigenvalue weighted by molar-refractivity contribution is -0.131. The quantitative estimate of drug-likeness (QED) is 0.264. The van der Waals surface area contributed by atoms with Crippen LogP contribution in [0.4, 0.5) is 0 Å². The molecule has 0 saturated heterocycles. The fraction of sp³-hybridized carbons (Fsp3) is 0.320. The Balaban J connectivity index is 2.24. The first-order valence-corrected chi connectivity index (χ1v) is 12.4. The standard InChI is InChI=1S/C25H30O7S/c1-5-6-14-31-23-17-21(18(2)15-25(26)27)12-11-20(23)9-7-8-19-10-13-22(24(16-19)30-3)32-33(4,28)29/h7,9-13,15-17H,5-6,8,14H2,1-4H3,(H,26,27)/b9-7+,18-15+. The minimum Gasteiger partial charge on any atom is -0.493 e. The molecule has 0 radical (unpaired) electrons. The molecule has 33 heavy (non-hydrogen) atoms. The summed E-state index contributed by atoms with van der Waals surface area (Å²) in [5, 5.41) is 9.01. The second-order valence-corrected chi connectivity index (χ2v) is 9.07. The summed E-state index contributed by atoms with van der Waals surface area (Å²) in [5.74, 6) is 0.165. The Bertz CT molecular complexity index is 1130. The molecule has 1 N–H and O–H groups in total. The summed E-state index contributed by atoms with van der Waals surface area (Å²) in [7, 11) is -2.20. The molecular weight excluding hydrogens is 444 g/mol. The van der Waals surface area contributed by atoms with E-state index in [-0.39, 0.29) is 5.75 Å². The van der Waals surface area contributed by atoms with Crippen molar-refractivity contribution in [2.75, 3.05) is 20.0 Å². The van der Waals surface area contributed by atoms with Crippen LogP contribution in [0.2, 0.25) is 0 Å². The van der Waals surface area contributed by atoms with Crippen LogP contribution in [0, 0.1) is 0 Å². The third-order valence-corrected chi connectivity index (χ3v) is 5.17. The number of hydrogen-bond donors (Lipinski definition) is 1. The van der Waals surface area contributed by atoms with Gasteiger partial charge in [0.1, 0.15) is 5.75 Å². The van der Waals surface area contributed by atoms with E-state index in [2.05, 4.69) is 6.92 Å². The van der Waals surface area contributed by atoms with Crippen LogP contribution in [-0.4, -0.2) is 39.5 Å². The van der Waals surface area contributed by atoms with E-state index < -0.39 is 16.1 Å². The van der Waals surface area contributed by atoms with E-state index in [4.69, 9.17) is 18.8 Å². The van der Waals surface area contributed by atoms with Crippen LogP contribution < -0.4 is 13.7 Å². The normalized spacial score (nSPS) is 12.1. The van der Waals surface area contributed by atoms with Crippen molar-refractivity contribution in [3.63, 3.8) is 0 Å². The zero-order chi connectivity index (χ0) is 24.4. The zero-order valence-electron chi connectivity index (χ0n) is 19.3. The van der Waals surface area contributed by atoms with Crippen molar-refractivity contribution in [1.82, 2.24) is 0 Å². The molecule has 2 aromatic carbocycles. The third kappa shape index (κ3) is 8.65. The smallest absolute Gasteiger partial charge is 0.328 e. The minimum absolute atomic E-state index is 0.139. The highest BCUT2D eigenvalue weighted by Gasteiger charge is 2.11. The van der Waals surface area contributed by atoms with Crippen molar-refractivity contribution in [3.05, 3.63) is 65.2 Å². The molecule has 0 fully saturated rings. The number of aliphatic carboxylic acids is 1. The molecule has 0 bridgehead atoms. The van der Waals surface area contributed by atoms with Crippen molar-refractivity contribution in [2.24, 2.45) is 0 Å². The molecule has 0 spiro atoms. The molecule has 2 aromatic rings. The Morgan fingerprint density at radius 1 is 1.09 bits per heavy atom. The van der Waals surface area contributed by atoms with E-state index >= 15 is 0 Å². The van der Waals surface area contributed by atoms with Crippen LogP contribution in [0.3, 0.4) is 0 Å². The summed E-state index contributed by atoms with van der Waals surface area (Å²) in [5.41, 5.74) is 3.21. The largest absolute Gasteiger partial charge is 0.493 e. The van der Waals surface area contributed by atoms with Gasteiger partial charge in [0.15, 0.2) is 11.5 Å². The lowest BCUT2D eigenvalue weighted by atomic mass is 10.0. The summed E-state index contributed by atoms with van der Waals surface area (Å²) in [4.78, 5) is 11.0. The fourth-order valence-electron chi connectivity index (χ4n) is 3.03. The summed E-state index contributed by atoms with van der Waals surface area (Å²) in [6, 6.07) is 10.7. The molecule has 0 aromatic heterocycles. The number of ether oxygens (including phenoxy) is 2. The predicted octanol–water partition coefficient (Wildman–Crippen LogP) is 4.96. The molecule has 0 saturated carbocycles. The first-order valence-electron chi connectivity index (χ1n) is 10.5. The van der Waals surface area contributed by atoms with Gasteiger partial charge in [-0.15, -0.1) is 0 Å². The maximum atomic E-state index is 11.4. The van der Waals surface area contributed by atoms with E-state index in [0.717, 1.165) is 35.8 Å². The number of carboxylic acid groups (broad SMARTS) is 1. The van der Waals surface area contributed by atoms with Crippen molar-refractivity contribution >= 4 is 27.7 Å². The molecule has 2 rings (SSSR count). The van der Waals surface area contributed by atoms with Gasteiger partial charge in [-0.1, -0.05) is 43.7 Å². The maximum Gasteiger partial charge on any atom is 0.328 e. The highest BCUT2D eigenvalue weighted by Crippen LogP contribution is 2.30. The molecular formula is C25H30O7S. The summed E-state index contributed by atoms with van der Waals surface area (Å²) in [6.45, 7) is 4.40. The molecule has 0 heterocycles. The van der Waals surface area contributed by atoms with E-state index in [0.29, 0.717) is 30.1 Å². The zero-order valence-corrected chi connectivity index (χ0v) is 20.1. The average Bonchev–Trinajstić information content (AvgIpc) is 2.74. The van der Waals surface area contributed by atoms with Gasteiger partial charge in [0, 0.05) is 11.6 Å². The molecule has 0 unspecified atom stereocenters. The van der Waals surface area contributed by atoms with Crippen LogP contribution in [0.15, 0.2) is 48.6 Å². The highest BCUT2D eigenvalue weighted by molar-refractivity contribution is 7.86. The molecule has 8 heteroatoms. The first-order chi connectivity index (χ1) is 15.6. The number of rotatable bonds is 12. The number of carboxylic acids is 1. The minimum atomic E-state index is -3.65. The van der Waals surface area contributed by atoms with Gasteiger partial charge in [-0.3, -0.25) is 0 Å². The van der Waals surface area contributed by atoms with Crippen molar-refractivity contribution < 1.29 is 32.0 Å². The lowest BCUT2D eigenvalue weighted by Gasteiger charge is -2.12. The van der Waals surface area contributed by atoms with E-state index in [1.54, 1.807) is 25.1 Å². The second-order valence-electron chi connectivity index (χ2n) is 7.50. The first kappa shape index (κ1) is 26.0. The summed E-state index contributed by atoms with van der Waals surface area (Å²) < 4.78 is 38.9. The molecule has 0 aliphatic heterocycles.